The quantitative estimate of drug-likeness (QED) is 0.623. The standard InChI is InChI=1S/C17H21ClN4O4/c1-11(20-6-8-21(9-7-20)17(24)12-2-3-12)16(23)19-15-5-4-13(22(25)26)10-14(15)18/h4-5,10-12H,2-3,6-9H2,1H3,(H,19,23)/t11-/m0/s1. The van der Waals surface area contributed by atoms with Crippen molar-refractivity contribution >= 4 is 34.8 Å². The average Bonchev–Trinajstić information content (AvgIpc) is 3.47. The van der Waals surface area contributed by atoms with Gasteiger partial charge in [-0.15, -0.1) is 0 Å². The van der Waals surface area contributed by atoms with E-state index in [1.807, 2.05) is 9.80 Å². The molecule has 1 aliphatic heterocycles. The van der Waals surface area contributed by atoms with E-state index in [2.05, 4.69) is 5.32 Å². The summed E-state index contributed by atoms with van der Waals surface area (Å²) in [5, 5.41) is 13.6. The third kappa shape index (κ3) is 4.13. The predicted molar refractivity (Wildman–Crippen MR) is 97.1 cm³/mol. The minimum absolute atomic E-state index is 0.125. The molecule has 1 N–H and O–H groups in total. The number of nitrogens with zero attached hydrogens (tertiary/aromatic N) is 3. The maximum atomic E-state index is 12.5. The van der Waals surface area contributed by atoms with E-state index >= 15 is 0 Å². The molecule has 1 aromatic carbocycles. The number of nitro benzene ring substituents is 1. The number of hydrogen-bond donors (Lipinski definition) is 1. The summed E-state index contributed by atoms with van der Waals surface area (Å²) in [6.45, 7) is 4.34. The Balaban J connectivity index is 1.55. The molecule has 2 fully saturated rings. The molecule has 1 aromatic rings. The fourth-order valence-electron chi connectivity index (χ4n) is 3.04. The first-order chi connectivity index (χ1) is 12.4. The van der Waals surface area contributed by atoms with Crippen LogP contribution in [0.15, 0.2) is 18.2 Å². The van der Waals surface area contributed by atoms with Gasteiger partial charge in [-0.1, -0.05) is 11.6 Å². The molecule has 1 atom stereocenters. The highest BCUT2D eigenvalue weighted by atomic mass is 35.5. The number of nitro groups is 1. The number of carbonyl (C=O) groups is 2. The van der Waals surface area contributed by atoms with Crippen LogP contribution in [0.4, 0.5) is 11.4 Å². The fourth-order valence-corrected chi connectivity index (χ4v) is 3.26. The van der Waals surface area contributed by atoms with Gasteiger partial charge in [0.25, 0.3) is 5.69 Å². The molecular formula is C17H21ClN4O4. The lowest BCUT2D eigenvalue weighted by Gasteiger charge is -2.37. The first-order valence-corrected chi connectivity index (χ1v) is 9.02. The molecule has 9 heteroatoms. The molecule has 3 rings (SSSR count). The van der Waals surface area contributed by atoms with Crippen molar-refractivity contribution in [2.45, 2.75) is 25.8 Å². The third-order valence-corrected chi connectivity index (χ3v) is 5.21. The number of amides is 2. The Kier molecular flexibility index (Phi) is 5.43. The van der Waals surface area contributed by atoms with Crippen molar-refractivity contribution in [1.82, 2.24) is 9.80 Å². The van der Waals surface area contributed by atoms with Gasteiger partial charge in [0.05, 0.1) is 21.7 Å². The molecule has 2 aliphatic rings. The van der Waals surface area contributed by atoms with Gasteiger partial charge in [-0.25, -0.2) is 0 Å². The summed E-state index contributed by atoms with van der Waals surface area (Å²) in [5.41, 5.74) is 0.217. The smallest absolute Gasteiger partial charge is 0.271 e. The van der Waals surface area contributed by atoms with Crippen LogP contribution in [-0.4, -0.2) is 58.8 Å². The van der Waals surface area contributed by atoms with E-state index in [0.717, 1.165) is 12.8 Å². The topological polar surface area (TPSA) is 95.8 Å². The van der Waals surface area contributed by atoms with E-state index in [1.165, 1.54) is 18.2 Å². The summed E-state index contributed by atoms with van der Waals surface area (Å²) < 4.78 is 0. The van der Waals surface area contributed by atoms with Gasteiger partial charge in [0.2, 0.25) is 11.8 Å². The van der Waals surface area contributed by atoms with Gasteiger partial charge in [-0.3, -0.25) is 24.6 Å². The number of anilines is 1. The Labute approximate surface area is 156 Å². The molecule has 1 heterocycles. The van der Waals surface area contributed by atoms with Crippen LogP contribution in [0.5, 0.6) is 0 Å². The Morgan fingerprint density at radius 3 is 2.46 bits per heavy atom. The molecule has 1 saturated heterocycles. The lowest BCUT2D eigenvalue weighted by atomic mass is 10.2. The molecular weight excluding hydrogens is 360 g/mol. The van der Waals surface area contributed by atoms with Gasteiger partial charge in [0.15, 0.2) is 0 Å². The monoisotopic (exact) mass is 380 g/mol. The first-order valence-electron chi connectivity index (χ1n) is 8.64. The van der Waals surface area contributed by atoms with Crippen LogP contribution in [0.2, 0.25) is 5.02 Å². The molecule has 0 unspecified atom stereocenters. The molecule has 1 aliphatic carbocycles. The Hall–Kier alpha value is -2.19. The Bertz CT molecular complexity index is 729. The summed E-state index contributed by atoms with van der Waals surface area (Å²) in [5.74, 6) is 0.216. The molecule has 2 amide bonds. The maximum Gasteiger partial charge on any atom is 0.271 e. The van der Waals surface area contributed by atoms with Crippen molar-refractivity contribution in [3.8, 4) is 0 Å². The number of carbonyl (C=O) groups excluding carboxylic acids is 2. The van der Waals surface area contributed by atoms with E-state index in [1.54, 1.807) is 6.92 Å². The average molecular weight is 381 g/mol. The zero-order valence-electron chi connectivity index (χ0n) is 14.5. The lowest BCUT2D eigenvalue weighted by Crippen LogP contribution is -2.54. The van der Waals surface area contributed by atoms with E-state index in [0.29, 0.717) is 31.9 Å². The summed E-state index contributed by atoms with van der Waals surface area (Å²) >= 11 is 6.02. The molecule has 140 valence electrons. The lowest BCUT2D eigenvalue weighted by molar-refractivity contribution is -0.384. The molecule has 1 saturated carbocycles. The Morgan fingerprint density at radius 1 is 1.27 bits per heavy atom. The van der Waals surface area contributed by atoms with Gasteiger partial charge in [0, 0.05) is 44.2 Å². The number of nitrogens with one attached hydrogen (secondary N) is 1. The summed E-state index contributed by atoms with van der Waals surface area (Å²) in [6.07, 6.45) is 1.99. The van der Waals surface area contributed by atoms with Crippen LogP contribution in [0.3, 0.4) is 0 Å². The van der Waals surface area contributed by atoms with Crippen LogP contribution in [0, 0.1) is 16.0 Å². The zero-order valence-corrected chi connectivity index (χ0v) is 15.2. The molecule has 26 heavy (non-hydrogen) atoms. The minimum Gasteiger partial charge on any atom is -0.340 e. The number of non-ortho nitro benzene ring substituents is 1. The number of halogens is 1. The van der Waals surface area contributed by atoms with Gasteiger partial charge in [0.1, 0.15) is 0 Å². The van der Waals surface area contributed by atoms with Crippen molar-refractivity contribution in [1.29, 1.82) is 0 Å². The van der Waals surface area contributed by atoms with Crippen molar-refractivity contribution < 1.29 is 14.5 Å². The first kappa shape index (κ1) is 18.6. The maximum absolute atomic E-state index is 12.5. The molecule has 0 radical (unpaired) electrons. The normalized spacial score (nSPS) is 19.1. The van der Waals surface area contributed by atoms with E-state index in [-0.39, 0.29) is 34.5 Å². The van der Waals surface area contributed by atoms with Crippen LogP contribution >= 0.6 is 11.6 Å². The SMILES string of the molecule is C[C@@H](C(=O)Nc1ccc([N+](=O)[O-])cc1Cl)N1CCN(C(=O)C2CC2)CC1. The molecule has 0 aromatic heterocycles. The van der Waals surface area contributed by atoms with Gasteiger partial charge in [-0.05, 0) is 25.8 Å². The van der Waals surface area contributed by atoms with Crippen LogP contribution in [0.25, 0.3) is 0 Å². The van der Waals surface area contributed by atoms with Crippen molar-refractivity contribution in [2.75, 3.05) is 31.5 Å². The van der Waals surface area contributed by atoms with Crippen LogP contribution in [0.1, 0.15) is 19.8 Å². The van der Waals surface area contributed by atoms with E-state index in [9.17, 15) is 19.7 Å². The predicted octanol–water partition coefficient (Wildman–Crippen LogP) is 2.13. The van der Waals surface area contributed by atoms with E-state index in [4.69, 9.17) is 11.6 Å². The van der Waals surface area contributed by atoms with E-state index < -0.39 is 4.92 Å². The molecule has 0 bridgehead atoms. The number of hydrogen-bond acceptors (Lipinski definition) is 5. The summed E-state index contributed by atoms with van der Waals surface area (Å²) in [7, 11) is 0. The Morgan fingerprint density at radius 2 is 1.92 bits per heavy atom. The largest absolute Gasteiger partial charge is 0.340 e. The van der Waals surface area contributed by atoms with Gasteiger partial charge in [-0.2, -0.15) is 0 Å². The zero-order chi connectivity index (χ0) is 18.8. The number of piperazine rings is 1. The molecule has 8 nitrogen and oxygen atoms in total. The van der Waals surface area contributed by atoms with Crippen molar-refractivity contribution in [2.24, 2.45) is 5.92 Å². The van der Waals surface area contributed by atoms with Crippen LogP contribution in [-0.2, 0) is 9.59 Å². The van der Waals surface area contributed by atoms with Gasteiger partial charge >= 0.3 is 0 Å². The second-order valence-corrected chi connectivity index (χ2v) is 7.13. The number of benzene rings is 1. The highest BCUT2D eigenvalue weighted by molar-refractivity contribution is 6.34. The number of rotatable bonds is 5. The van der Waals surface area contributed by atoms with Crippen molar-refractivity contribution in [3.63, 3.8) is 0 Å². The highest BCUT2D eigenvalue weighted by Gasteiger charge is 2.35. The second-order valence-electron chi connectivity index (χ2n) is 6.72. The van der Waals surface area contributed by atoms with Crippen molar-refractivity contribution in [3.05, 3.63) is 33.3 Å². The summed E-state index contributed by atoms with van der Waals surface area (Å²) in [6, 6.07) is 3.55. The van der Waals surface area contributed by atoms with Crippen LogP contribution < -0.4 is 5.32 Å². The minimum atomic E-state index is -0.539. The van der Waals surface area contributed by atoms with Gasteiger partial charge < -0.3 is 10.2 Å². The molecule has 0 spiro atoms. The fraction of sp³-hybridized carbons (Fsp3) is 0.529. The highest BCUT2D eigenvalue weighted by Crippen LogP contribution is 2.31. The third-order valence-electron chi connectivity index (χ3n) is 4.90. The summed E-state index contributed by atoms with van der Waals surface area (Å²) in [4.78, 5) is 38.7. The second kappa shape index (κ2) is 7.59.